The average Bonchev–Trinajstić information content (AvgIpc) is 3.12. The zero-order valence-corrected chi connectivity index (χ0v) is 19.7. The summed E-state index contributed by atoms with van der Waals surface area (Å²) >= 11 is 19.5. The molecule has 10 heteroatoms. The van der Waals surface area contributed by atoms with Gasteiger partial charge in [0.05, 0.1) is 10.8 Å². The Morgan fingerprint density at radius 3 is 2.81 bits per heavy atom. The molecular weight excluding hydrogens is 479 g/mol. The normalized spacial score (nSPS) is 10.7. The number of carbonyl (C=O) groups is 1. The van der Waals surface area contributed by atoms with Gasteiger partial charge in [0.25, 0.3) is 0 Å². The minimum atomic E-state index is -0.174. The molecule has 0 aliphatic heterocycles. The first kappa shape index (κ1) is 23.5. The molecule has 0 spiro atoms. The van der Waals surface area contributed by atoms with Crippen LogP contribution >= 0.6 is 46.6 Å². The van der Waals surface area contributed by atoms with Crippen molar-refractivity contribution in [3.8, 4) is 5.75 Å². The summed E-state index contributed by atoms with van der Waals surface area (Å²) in [5, 5.41) is 13.4. The summed E-state index contributed by atoms with van der Waals surface area (Å²) in [7, 11) is 0. The minimum absolute atomic E-state index is 0.134. The molecule has 3 aromatic rings. The number of thioether (sulfide) groups is 1. The van der Waals surface area contributed by atoms with Crippen LogP contribution in [0.3, 0.4) is 0 Å². The molecule has 0 bridgehead atoms. The van der Waals surface area contributed by atoms with Gasteiger partial charge in [-0.3, -0.25) is 9.36 Å². The number of hydrogen-bond acceptors (Lipinski definition) is 5. The summed E-state index contributed by atoms with van der Waals surface area (Å²) in [6.07, 6.45) is 1.72. The zero-order chi connectivity index (χ0) is 22.4. The molecule has 0 saturated carbocycles. The van der Waals surface area contributed by atoms with Gasteiger partial charge in [-0.05, 0) is 36.8 Å². The highest BCUT2D eigenvalue weighted by molar-refractivity contribution is 7.99. The monoisotopic (exact) mass is 496 g/mol. The quantitative estimate of drug-likeness (QED) is 0.288. The van der Waals surface area contributed by atoms with E-state index in [4.69, 9.17) is 39.5 Å². The van der Waals surface area contributed by atoms with E-state index < -0.39 is 0 Å². The fraction of sp³-hybridized carbons (Fsp3) is 0.190. The van der Waals surface area contributed by atoms with E-state index in [-0.39, 0.29) is 18.3 Å². The van der Waals surface area contributed by atoms with Gasteiger partial charge in [-0.15, -0.1) is 16.8 Å². The molecule has 1 amide bonds. The maximum Gasteiger partial charge on any atom is 0.234 e. The molecule has 1 N–H and O–H groups in total. The van der Waals surface area contributed by atoms with Crippen molar-refractivity contribution < 1.29 is 9.53 Å². The number of rotatable bonds is 9. The summed E-state index contributed by atoms with van der Waals surface area (Å²) in [6, 6.07) is 10.4. The predicted octanol–water partition coefficient (Wildman–Crippen LogP) is 6.04. The van der Waals surface area contributed by atoms with Gasteiger partial charge < -0.3 is 10.1 Å². The number of benzene rings is 2. The van der Waals surface area contributed by atoms with Crippen molar-refractivity contribution in [2.45, 2.75) is 25.2 Å². The second-order valence-electron chi connectivity index (χ2n) is 6.41. The Morgan fingerprint density at radius 1 is 1.23 bits per heavy atom. The first-order valence-electron chi connectivity index (χ1n) is 9.17. The zero-order valence-electron chi connectivity index (χ0n) is 16.6. The van der Waals surface area contributed by atoms with Gasteiger partial charge in [-0.25, -0.2) is 0 Å². The van der Waals surface area contributed by atoms with Gasteiger partial charge in [-0.2, -0.15) is 0 Å². The van der Waals surface area contributed by atoms with Gasteiger partial charge in [0.2, 0.25) is 5.91 Å². The molecular formula is C21H19Cl3N4O2S. The maximum absolute atomic E-state index is 12.4. The topological polar surface area (TPSA) is 69.0 Å². The van der Waals surface area contributed by atoms with E-state index in [1.807, 2.05) is 11.5 Å². The molecule has 0 radical (unpaired) electrons. The first-order chi connectivity index (χ1) is 14.9. The Balaban J connectivity index is 1.65. The van der Waals surface area contributed by atoms with Crippen LogP contribution in [0.25, 0.3) is 0 Å². The number of nitrogens with zero attached hydrogens (tertiary/aromatic N) is 3. The highest BCUT2D eigenvalue weighted by atomic mass is 35.5. The van der Waals surface area contributed by atoms with Crippen molar-refractivity contribution in [3.63, 3.8) is 0 Å². The molecule has 1 heterocycles. The summed E-state index contributed by atoms with van der Waals surface area (Å²) in [6.45, 7) is 6.22. The average molecular weight is 498 g/mol. The molecule has 0 unspecified atom stereocenters. The number of carbonyl (C=O) groups excluding carboxylic acids is 1. The predicted molar refractivity (Wildman–Crippen MR) is 127 cm³/mol. The van der Waals surface area contributed by atoms with Crippen LogP contribution in [0.15, 0.2) is 54.2 Å². The minimum Gasteiger partial charge on any atom is -0.484 e. The third-order valence-corrected chi connectivity index (χ3v) is 6.15. The smallest absolute Gasteiger partial charge is 0.234 e. The van der Waals surface area contributed by atoms with Crippen molar-refractivity contribution in [1.82, 2.24) is 14.8 Å². The summed E-state index contributed by atoms with van der Waals surface area (Å²) in [5.74, 6) is 1.01. The van der Waals surface area contributed by atoms with Crippen molar-refractivity contribution in [1.29, 1.82) is 0 Å². The number of ether oxygens (including phenoxy) is 1. The van der Waals surface area contributed by atoms with E-state index >= 15 is 0 Å². The fourth-order valence-electron chi connectivity index (χ4n) is 2.63. The molecule has 0 fully saturated rings. The molecule has 0 aliphatic carbocycles. The van der Waals surface area contributed by atoms with Gasteiger partial charge >= 0.3 is 0 Å². The molecule has 0 aliphatic rings. The van der Waals surface area contributed by atoms with Crippen molar-refractivity contribution >= 4 is 58.2 Å². The van der Waals surface area contributed by atoms with Gasteiger partial charge in [-0.1, -0.05) is 58.7 Å². The lowest BCUT2D eigenvalue weighted by Crippen LogP contribution is -2.15. The van der Waals surface area contributed by atoms with Crippen LogP contribution in [-0.4, -0.2) is 26.4 Å². The number of allylic oxidation sites excluding steroid dienone is 1. The van der Waals surface area contributed by atoms with Crippen molar-refractivity contribution in [3.05, 3.63) is 75.5 Å². The largest absolute Gasteiger partial charge is 0.484 e. The highest BCUT2D eigenvalue weighted by Gasteiger charge is 2.15. The third-order valence-electron chi connectivity index (χ3n) is 4.23. The third kappa shape index (κ3) is 6.17. The number of aromatic nitrogens is 3. The van der Waals surface area contributed by atoms with Crippen molar-refractivity contribution in [2.24, 2.45) is 0 Å². The molecule has 3 rings (SSSR count). The molecule has 2 aromatic carbocycles. The van der Waals surface area contributed by atoms with E-state index in [1.54, 1.807) is 42.5 Å². The Kier molecular flexibility index (Phi) is 8.26. The van der Waals surface area contributed by atoms with Crippen LogP contribution < -0.4 is 10.1 Å². The summed E-state index contributed by atoms with van der Waals surface area (Å²) in [4.78, 5) is 12.4. The standard InChI is InChI=1S/C21H19Cl3N4O2S/c1-3-9-28-19(11-30-18-10-14(22)7-8-16(18)24)26-27-21(28)31-12-20(29)25-17-6-4-5-15(23)13(17)2/h3-8,10H,1,9,11-12H2,2H3,(H,25,29). The van der Waals surface area contributed by atoms with Crippen LogP contribution in [0.5, 0.6) is 5.75 Å². The second-order valence-corrected chi connectivity index (χ2v) is 8.60. The van der Waals surface area contributed by atoms with Gasteiger partial charge in [0.1, 0.15) is 12.4 Å². The number of amides is 1. The Morgan fingerprint density at radius 2 is 2.03 bits per heavy atom. The van der Waals surface area contributed by atoms with Gasteiger partial charge in [0, 0.05) is 28.3 Å². The van der Waals surface area contributed by atoms with E-state index in [0.29, 0.717) is 44.0 Å². The van der Waals surface area contributed by atoms with E-state index in [9.17, 15) is 4.79 Å². The Bertz CT molecular complexity index is 1100. The summed E-state index contributed by atoms with van der Waals surface area (Å²) < 4.78 is 7.59. The van der Waals surface area contributed by atoms with Crippen molar-refractivity contribution in [2.75, 3.05) is 11.1 Å². The first-order valence-corrected chi connectivity index (χ1v) is 11.3. The lowest BCUT2D eigenvalue weighted by atomic mass is 10.2. The fourth-order valence-corrected chi connectivity index (χ4v) is 3.91. The molecule has 162 valence electrons. The maximum atomic E-state index is 12.4. The lowest BCUT2D eigenvalue weighted by molar-refractivity contribution is -0.113. The van der Waals surface area contributed by atoms with Gasteiger partial charge in [0.15, 0.2) is 11.0 Å². The van der Waals surface area contributed by atoms with Crippen LogP contribution in [-0.2, 0) is 17.9 Å². The lowest BCUT2D eigenvalue weighted by Gasteiger charge is -2.11. The molecule has 0 atom stereocenters. The Labute approximate surface area is 199 Å². The molecule has 1 aromatic heterocycles. The summed E-state index contributed by atoms with van der Waals surface area (Å²) in [5.41, 5.74) is 1.49. The number of nitrogens with one attached hydrogen (secondary N) is 1. The Hall–Kier alpha value is -2.19. The van der Waals surface area contributed by atoms with E-state index in [2.05, 4.69) is 22.1 Å². The molecule has 31 heavy (non-hydrogen) atoms. The van der Waals surface area contributed by atoms with E-state index in [0.717, 1.165) is 5.56 Å². The highest BCUT2D eigenvalue weighted by Crippen LogP contribution is 2.29. The molecule has 6 nitrogen and oxygen atoms in total. The molecule has 0 saturated heterocycles. The van der Waals surface area contributed by atoms with Crippen LogP contribution in [0, 0.1) is 6.92 Å². The van der Waals surface area contributed by atoms with Crippen LogP contribution in [0.1, 0.15) is 11.4 Å². The van der Waals surface area contributed by atoms with Crippen LogP contribution in [0.2, 0.25) is 15.1 Å². The second kappa shape index (κ2) is 10.9. The number of anilines is 1. The van der Waals surface area contributed by atoms with Crippen LogP contribution in [0.4, 0.5) is 5.69 Å². The number of halogens is 3. The number of hydrogen-bond donors (Lipinski definition) is 1. The van der Waals surface area contributed by atoms with E-state index in [1.165, 1.54) is 11.8 Å². The SMILES string of the molecule is C=CCn1c(COc2cc(Cl)ccc2Cl)nnc1SCC(=O)Nc1cccc(Cl)c1C.